The van der Waals surface area contributed by atoms with Crippen molar-refractivity contribution in [3.8, 4) is 0 Å². The second-order valence-corrected chi connectivity index (χ2v) is 7.60. The summed E-state index contributed by atoms with van der Waals surface area (Å²) in [5.74, 6) is 0.396. The molecule has 27 heavy (non-hydrogen) atoms. The van der Waals surface area contributed by atoms with Gasteiger partial charge in [0.25, 0.3) is 0 Å². The van der Waals surface area contributed by atoms with Gasteiger partial charge in [0.2, 0.25) is 11.8 Å². The third-order valence-electron chi connectivity index (χ3n) is 5.64. The Morgan fingerprint density at radius 1 is 1.11 bits per heavy atom. The first-order chi connectivity index (χ1) is 13.2. The zero-order valence-corrected chi connectivity index (χ0v) is 15.5. The molecule has 2 aliphatic rings. The largest absolute Gasteiger partial charge is 0.338 e. The molecule has 142 valence electrons. The molecule has 6 heteroatoms. The first kappa shape index (κ1) is 17.8. The molecule has 0 radical (unpaired) electrons. The van der Waals surface area contributed by atoms with Crippen LogP contribution in [0, 0.1) is 5.92 Å². The van der Waals surface area contributed by atoms with E-state index in [1.807, 2.05) is 41.1 Å². The van der Waals surface area contributed by atoms with E-state index in [2.05, 4.69) is 10.4 Å². The van der Waals surface area contributed by atoms with Crippen molar-refractivity contribution in [1.29, 1.82) is 0 Å². The lowest BCUT2D eigenvalue weighted by atomic mass is 9.96. The lowest BCUT2D eigenvalue weighted by molar-refractivity contribution is -0.128. The van der Waals surface area contributed by atoms with E-state index in [4.69, 9.17) is 0 Å². The lowest BCUT2D eigenvalue weighted by Gasteiger charge is -2.24. The van der Waals surface area contributed by atoms with Gasteiger partial charge in [-0.1, -0.05) is 49.6 Å². The fourth-order valence-corrected chi connectivity index (χ4v) is 4.16. The molecular formula is C21H26N4O2. The van der Waals surface area contributed by atoms with Crippen molar-refractivity contribution in [2.75, 3.05) is 11.9 Å². The summed E-state index contributed by atoms with van der Waals surface area (Å²) in [5, 5.41) is 7.45. The molecule has 0 bridgehead atoms. The highest BCUT2D eigenvalue weighted by Gasteiger charge is 2.34. The standard InChI is InChI=1S/C21H26N4O2/c26-20-13-17(15-24(20)14-16-7-3-1-4-8-16)21(27)23-19-11-12-22-25(19)18-9-5-2-6-10-18/h1,3-4,7-8,11-12,17-18H,2,5-6,9-10,13-15H2,(H,23,27). The van der Waals surface area contributed by atoms with Crippen LogP contribution in [0.25, 0.3) is 0 Å². The molecule has 4 rings (SSSR count). The highest BCUT2D eigenvalue weighted by molar-refractivity contribution is 5.96. The molecular weight excluding hydrogens is 340 g/mol. The Labute approximate surface area is 159 Å². The van der Waals surface area contributed by atoms with E-state index in [0.29, 0.717) is 19.1 Å². The number of rotatable bonds is 5. The number of hydrogen-bond donors (Lipinski definition) is 1. The van der Waals surface area contributed by atoms with E-state index < -0.39 is 0 Å². The average Bonchev–Trinajstić information content (AvgIpc) is 3.30. The first-order valence-electron chi connectivity index (χ1n) is 9.87. The number of likely N-dealkylation sites (tertiary alicyclic amines) is 1. The number of carbonyl (C=O) groups excluding carboxylic acids is 2. The molecule has 1 saturated carbocycles. The van der Waals surface area contributed by atoms with Gasteiger partial charge in [0.1, 0.15) is 5.82 Å². The van der Waals surface area contributed by atoms with Gasteiger partial charge in [0.05, 0.1) is 18.2 Å². The Morgan fingerprint density at radius 3 is 2.67 bits per heavy atom. The lowest BCUT2D eigenvalue weighted by Crippen LogP contribution is -2.29. The molecule has 2 heterocycles. The molecule has 2 aromatic rings. The van der Waals surface area contributed by atoms with Crippen molar-refractivity contribution < 1.29 is 9.59 Å². The minimum absolute atomic E-state index is 0.0415. The third kappa shape index (κ3) is 4.04. The molecule has 1 atom stereocenters. The number of amides is 2. The van der Waals surface area contributed by atoms with Gasteiger partial charge in [0, 0.05) is 25.6 Å². The summed E-state index contributed by atoms with van der Waals surface area (Å²) >= 11 is 0. The van der Waals surface area contributed by atoms with Crippen LogP contribution in [-0.4, -0.2) is 33.0 Å². The number of anilines is 1. The topological polar surface area (TPSA) is 67.2 Å². The van der Waals surface area contributed by atoms with Crippen molar-refractivity contribution in [3.63, 3.8) is 0 Å². The van der Waals surface area contributed by atoms with Crippen LogP contribution in [0.2, 0.25) is 0 Å². The Bertz CT molecular complexity index is 796. The third-order valence-corrected chi connectivity index (χ3v) is 5.64. The SMILES string of the molecule is O=C(Nc1ccnn1C1CCCCC1)C1CC(=O)N(Cc2ccccc2)C1. The van der Waals surface area contributed by atoms with Gasteiger partial charge in [-0.15, -0.1) is 0 Å². The summed E-state index contributed by atoms with van der Waals surface area (Å²) in [7, 11) is 0. The van der Waals surface area contributed by atoms with Crippen LogP contribution in [0.5, 0.6) is 0 Å². The molecule has 1 aromatic carbocycles. The molecule has 1 unspecified atom stereocenters. The van der Waals surface area contributed by atoms with E-state index >= 15 is 0 Å². The Balaban J connectivity index is 1.38. The van der Waals surface area contributed by atoms with Gasteiger partial charge < -0.3 is 10.2 Å². The fraction of sp³-hybridized carbons (Fsp3) is 0.476. The number of nitrogens with zero attached hydrogens (tertiary/aromatic N) is 3. The number of carbonyl (C=O) groups is 2. The van der Waals surface area contributed by atoms with Crippen molar-refractivity contribution >= 4 is 17.6 Å². The van der Waals surface area contributed by atoms with Crippen molar-refractivity contribution in [2.24, 2.45) is 5.92 Å². The number of hydrogen-bond acceptors (Lipinski definition) is 3. The Hall–Kier alpha value is -2.63. The maximum atomic E-state index is 12.8. The minimum Gasteiger partial charge on any atom is -0.338 e. The van der Waals surface area contributed by atoms with Crippen molar-refractivity contribution in [2.45, 2.75) is 51.1 Å². The second-order valence-electron chi connectivity index (χ2n) is 7.60. The average molecular weight is 366 g/mol. The van der Waals surface area contributed by atoms with Gasteiger partial charge in [-0.3, -0.25) is 9.59 Å². The predicted molar refractivity (Wildman–Crippen MR) is 103 cm³/mol. The number of aromatic nitrogens is 2. The smallest absolute Gasteiger partial charge is 0.230 e. The molecule has 1 aliphatic carbocycles. The van der Waals surface area contributed by atoms with Gasteiger partial charge in [-0.25, -0.2) is 4.68 Å². The Morgan fingerprint density at radius 2 is 1.89 bits per heavy atom. The molecule has 0 spiro atoms. The molecule has 1 aromatic heterocycles. The van der Waals surface area contributed by atoms with Crippen LogP contribution in [0.3, 0.4) is 0 Å². The molecule has 1 N–H and O–H groups in total. The van der Waals surface area contributed by atoms with E-state index in [1.165, 1.54) is 19.3 Å². The van der Waals surface area contributed by atoms with Gasteiger partial charge in [0.15, 0.2) is 0 Å². The molecule has 2 amide bonds. The summed E-state index contributed by atoms with van der Waals surface area (Å²) in [5.41, 5.74) is 1.09. The maximum Gasteiger partial charge on any atom is 0.230 e. The van der Waals surface area contributed by atoms with Crippen LogP contribution in [0.1, 0.15) is 50.1 Å². The van der Waals surface area contributed by atoms with Gasteiger partial charge in [-0.2, -0.15) is 5.10 Å². The monoisotopic (exact) mass is 366 g/mol. The van der Waals surface area contributed by atoms with Gasteiger partial charge >= 0.3 is 0 Å². The Kier molecular flexibility index (Phi) is 5.23. The van der Waals surface area contributed by atoms with Crippen LogP contribution in [0.4, 0.5) is 5.82 Å². The van der Waals surface area contributed by atoms with Crippen molar-refractivity contribution in [3.05, 3.63) is 48.2 Å². The van der Waals surface area contributed by atoms with E-state index in [0.717, 1.165) is 24.2 Å². The summed E-state index contributed by atoms with van der Waals surface area (Å²) in [6.45, 7) is 1.03. The zero-order chi connectivity index (χ0) is 18.6. The second kappa shape index (κ2) is 7.94. The summed E-state index contributed by atoms with van der Waals surface area (Å²) < 4.78 is 1.95. The maximum absolute atomic E-state index is 12.8. The van der Waals surface area contributed by atoms with Gasteiger partial charge in [-0.05, 0) is 18.4 Å². The van der Waals surface area contributed by atoms with Crippen LogP contribution < -0.4 is 5.32 Å². The fourth-order valence-electron chi connectivity index (χ4n) is 4.16. The normalized spacial score (nSPS) is 20.8. The van der Waals surface area contributed by atoms with Crippen LogP contribution in [0.15, 0.2) is 42.6 Å². The quantitative estimate of drug-likeness (QED) is 0.882. The number of nitrogens with one attached hydrogen (secondary N) is 1. The molecule has 6 nitrogen and oxygen atoms in total. The first-order valence-corrected chi connectivity index (χ1v) is 9.87. The van der Waals surface area contributed by atoms with E-state index in [-0.39, 0.29) is 24.2 Å². The molecule has 2 fully saturated rings. The highest BCUT2D eigenvalue weighted by atomic mass is 16.2. The van der Waals surface area contributed by atoms with Crippen LogP contribution in [-0.2, 0) is 16.1 Å². The molecule has 1 aliphatic heterocycles. The molecule has 1 saturated heterocycles. The van der Waals surface area contributed by atoms with E-state index in [9.17, 15) is 9.59 Å². The minimum atomic E-state index is -0.309. The predicted octanol–water partition coefficient (Wildman–Crippen LogP) is 3.38. The number of benzene rings is 1. The highest BCUT2D eigenvalue weighted by Crippen LogP contribution is 2.30. The summed E-state index contributed by atoms with van der Waals surface area (Å²) in [6.07, 6.45) is 7.93. The van der Waals surface area contributed by atoms with E-state index in [1.54, 1.807) is 11.1 Å². The summed E-state index contributed by atoms with van der Waals surface area (Å²) in [4.78, 5) is 26.9. The zero-order valence-electron chi connectivity index (χ0n) is 15.5. The summed E-state index contributed by atoms with van der Waals surface area (Å²) in [6, 6.07) is 12.1. The van der Waals surface area contributed by atoms with Crippen molar-refractivity contribution in [1.82, 2.24) is 14.7 Å². The van der Waals surface area contributed by atoms with Crippen LogP contribution >= 0.6 is 0 Å².